The molecule has 0 aliphatic heterocycles. The standard InChI is InChI=1S/C14H21N3O3/c1-9(2)12(13-10(3)5-4-7-15-13)17-14(20)16-8-6-11(18)19/h4-5,7,9,12H,6,8H2,1-3H3,(H,18,19)(H2,16,17,20). The monoisotopic (exact) mass is 279 g/mol. The third-order valence-electron chi connectivity index (χ3n) is 2.92. The van der Waals surface area contributed by atoms with Gasteiger partial charge in [0.05, 0.1) is 18.2 Å². The van der Waals surface area contributed by atoms with E-state index < -0.39 is 5.97 Å². The number of aromatic nitrogens is 1. The van der Waals surface area contributed by atoms with Crippen molar-refractivity contribution in [3.8, 4) is 0 Å². The van der Waals surface area contributed by atoms with Gasteiger partial charge in [0.25, 0.3) is 0 Å². The molecule has 1 unspecified atom stereocenters. The van der Waals surface area contributed by atoms with Crippen LogP contribution in [-0.2, 0) is 4.79 Å². The highest BCUT2D eigenvalue weighted by atomic mass is 16.4. The van der Waals surface area contributed by atoms with Gasteiger partial charge in [0.15, 0.2) is 0 Å². The summed E-state index contributed by atoms with van der Waals surface area (Å²) < 4.78 is 0. The molecule has 0 bridgehead atoms. The number of carboxylic acid groups (broad SMARTS) is 1. The molecule has 1 aromatic heterocycles. The van der Waals surface area contributed by atoms with Gasteiger partial charge in [-0.25, -0.2) is 4.79 Å². The fourth-order valence-corrected chi connectivity index (χ4v) is 1.85. The third kappa shape index (κ3) is 4.87. The van der Waals surface area contributed by atoms with Crippen molar-refractivity contribution in [2.45, 2.75) is 33.2 Å². The highest BCUT2D eigenvalue weighted by molar-refractivity contribution is 5.75. The molecule has 0 aliphatic carbocycles. The van der Waals surface area contributed by atoms with E-state index in [1.165, 1.54) is 0 Å². The molecule has 110 valence electrons. The van der Waals surface area contributed by atoms with Crippen LogP contribution in [0.2, 0.25) is 0 Å². The Bertz CT molecular complexity index is 474. The van der Waals surface area contributed by atoms with Crippen LogP contribution >= 0.6 is 0 Å². The molecule has 0 aliphatic rings. The predicted molar refractivity (Wildman–Crippen MR) is 75.3 cm³/mol. The molecule has 2 amide bonds. The average Bonchev–Trinajstić information content (AvgIpc) is 2.36. The summed E-state index contributed by atoms with van der Waals surface area (Å²) in [5.41, 5.74) is 1.84. The van der Waals surface area contributed by atoms with Gasteiger partial charge in [0.2, 0.25) is 0 Å². The van der Waals surface area contributed by atoms with Crippen LogP contribution in [-0.4, -0.2) is 28.6 Å². The molecule has 6 nitrogen and oxygen atoms in total. The van der Waals surface area contributed by atoms with Gasteiger partial charge in [0.1, 0.15) is 0 Å². The molecular weight excluding hydrogens is 258 g/mol. The van der Waals surface area contributed by atoms with Gasteiger partial charge in [-0.3, -0.25) is 9.78 Å². The van der Waals surface area contributed by atoms with E-state index in [0.29, 0.717) is 0 Å². The Morgan fingerprint density at radius 3 is 2.65 bits per heavy atom. The molecule has 0 spiro atoms. The van der Waals surface area contributed by atoms with E-state index in [-0.39, 0.29) is 31.0 Å². The van der Waals surface area contributed by atoms with Gasteiger partial charge < -0.3 is 15.7 Å². The quantitative estimate of drug-likeness (QED) is 0.741. The average molecular weight is 279 g/mol. The number of carboxylic acids is 1. The van der Waals surface area contributed by atoms with Crippen molar-refractivity contribution in [2.75, 3.05) is 6.54 Å². The van der Waals surface area contributed by atoms with E-state index in [2.05, 4.69) is 15.6 Å². The van der Waals surface area contributed by atoms with Crippen LogP contribution in [0, 0.1) is 12.8 Å². The minimum atomic E-state index is -0.939. The molecule has 0 saturated carbocycles. The third-order valence-corrected chi connectivity index (χ3v) is 2.92. The topological polar surface area (TPSA) is 91.3 Å². The number of urea groups is 1. The fourth-order valence-electron chi connectivity index (χ4n) is 1.85. The van der Waals surface area contributed by atoms with Crippen LogP contribution < -0.4 is 10.6 Å². The van der Waals surface area contributed by atoms with E-state index in [1.807, 2.05) is 32.9 Å². The Hall–Kier alpha value is -2.11. The fraction of sp³-hybridized carbons (Fsp3) is 0.500. The second kappa shape index (κ2) is 7.47. The summed E-state index contributed by atoms with van der Waals surface area (Å²) in [6.45, 7) is 6.04. The molecule has 20 heavy (non-hydrogen) atoms. The number of carbonyl (C=O) groups is 2. The van der Waals surface area contributed by atoms with E-state index in [9.17, 15) is 9.59 Å². The zero-order chi connectivity index (χ0) is 15.1. The van der Waals surface area contributed by atoms with Gasteiger partial charge in [0, 0.05) is 12.7 Å². The van der Waals surface area contributed by atoms with Crippen LogP contribution in [0.25, 0.3) is 0 Å². The zero-order valence-corrected chi connectivity index (χ0v) is 12.0. The second-order valence-corrected chi connectivity index (χ2v) is 4.97. The van der Waals surface area contributed by atoms with Crippen LogP contribution in [0.3, 0.4) is 0 Å². The van der Waals surface area contributed by atoms with Gasteiger partial charge in [-0.05, 0) is 24.5 Å². The first-order valence-electron chi connectivity index (χ1n) is 6.59. The van der Waals surface area contributed by atoms with Crippen molar-refractivity contribution in [3.63, 3.8) is 0 Å². The molecule has 6 heteroatoms. The van der Waals surface area contributed by atoms with Crippen molar-refractivity contribution < 1.29 is 14.7 Å². The van der Waals surface area contributed by atoms with Crippen molar-refractivity contribution in [1.82, 2.24) is 15.6 Å². The molecule has 0 fully saturated rings. The Labute approximate surface area is 118 Å². The summed E-state index contributed by atoms with van der Waals surface area (Å²) in [4.78, 5) is 26.5. The Kier molecular flexibility index (Phi) is 5.96. The summed E-state index contributed by atoms with van der Waals surface area (Å²) in [6.07, 6.45) is 1.60. The normalized spacial score (nSPS) is 12.0. The van der Waals surface area contributed by atoms with Gasteiger partial charge >= 0.3 is 12.0 Å². The van der Waals surface area contributed by atoms with Crippen molar-refractivity contribution in [2.24, 2.45) is 5.92 Å². The van der Waals surface area contributed by atoms with Crippen LogP contribution in [0.5, 0.6) is 0 Å². The number of nitrogens with one attached hydrogen (secondary N) is 2. The van der Waals surface area contributed by atoms with Gasteiger partial charge in [-0.2, -0.15) is 0 Å². The Balaban J connectivity index is 2.67. The van der Waals surface area contributed by atoms with Crippen molar-refractivity contribution in [3.05, 3.63) is 29.6 Å². The summed E-state index contributed by atoms with van der Waals surface area (Å²) in [5.74, 6) is -0.764. The molecule has 1 aromatic rings. The largest absolute Gasteiger partial charge is 0.481 e. The zero-order valence-electron chi connectivity index (χ0n) is 12.0. The Morgan fingerprint density at radius 1 is 1.40 bits per heavy atom. The summed E-state index contributed by atoms with van der Waals surface area (Å²) in [7, 11) is 0. The molecule has 3 N–H and O–H groups in total. The number of hydrogen-bond acceptors (Lipinski definition) is 3. The second-order valence-electron chi connectivity index (χ2n) is 4.97. The molecule has 1 rings (SSSR count). The molecule has 0 radical (unpaired) electrons. The van der Waals surface area contributed by atoms with Crippen LogP contribution in [0.4, 0.5) is 4.79 Å². The maximum Gasteiger partial charge on any atom is 0.315 e. The van der Waals surface area contributed by atoms with Gasteiger partial charge in [-0.15, -0.1) is 0 Å². The number of rotatable bonds is 6. The maximum atomic E-state index is 11.8. The SMILES string of the molecule is Cc1cccnc1C(NC(=O)NCCC(=O)O)C(C)C. The Morgan fingerprint density at radius 2 is 2.10 bits per heavy atom. The van der Waals surface area contributed by atoms with Crippen LogP contribution in [0.15, 0.2) is 18.3 Å². The molecule has 1 heterocycles. The number of hydrogen-bond donors (Lipinski definition) is 3. The number of carbonyl (C=O) groups excluding carboxylic acids is 1. The first-order valence-corrected chi connectivity index (χ1v) is 6.59. The van der Waals surface area contributed by atoms with E-state index in [1.54, 1.807) is 6.20 Å². The highest BCUT2D eigenvalue weighted by Gasteiger charge is 2.21. The highest BCUT2D eigenvalue weighted by Crippen LogP contribution is 2.22. The molecule has 0 aromatic carbocycles. The summed E-state index contributed by atoms with van der Waals surface area (Å²) >= 11 is 0. The number of pyridine rings is 1. The minimum Gasteiger partial charge on any atom is -0.481 e. The lowest BCUT2D eigenvalue weighted by atomic mass is 9.97. The lowest BCUT2D eigenvalue weighted by Crippen LogP contribution is -2.41. The lowest BCUT2D eigenvalue weighted by molar-refractivity contribution is -0.136. The molecule has 0 saturated heterocycles. The smallest absolute Gasteiger partial charge is 0.315 e. The van der Waals surface area contributed by atoms with Crippen molar-refractivity contribution in [1.29, 1.82) is 0 Å². The number of amides is 2. The summed E-state index contributed by atoms with van der Waals surface area (Å²) in [5, 5.41) is 13.9. The predicted octanol–water partition coefficient (Wildman–Crippen LogP) is 1.86. The molecule has 1 atom stereocenters. The first-order chi connectivity index (χ1) is 9.41. The number of aryl methyl sites for hydroxylation is 1. The van der Waals surface area contributed by atoms with E-state index in [0.717, 1.165) is 11.3 Å². The van der Waals surface area contributed by atoms with Crippen molar-refractivity contribution >= 4 is 12.0 Å². The van der Waals surface area contributed by atoms with E-state index >= 15 is 0 Å². The van der Waals surface area contributed by atoms with Gasteiger partial charge in [-0.1, -0.05) is 19.9 Å². The lowest BCUT2D eigenvalue weighted by Gasteiger charge is -2.23. The summed E-state index contributed by atoms with van der Waals surface area (Å²) in [6, 6.07) is 3.21. The van der Waals surface area contributed by atoms with Crippen LogP contribution in [0.1, 0.15) is 37.6 Å². The maximum absolute atomic E-state index is 11.8. The molecular formula is C14H21N3O3. The number of aliphatic carboxylic acids is 1. The number of nitrogens with zero attached hydrogens (tertiary/aromatic N) is 1. The van der Waals surface area contributed by atoms with E-state index in [4.69, 9.17) is 5.11 Å². The first kappa shape index (κ1) is 15.9. The minimum absolute atomic E-state index is 0.0949.